The summed E-state index contributed by atoms with van der Waals surface area (Å²) in [7, 11) is 1.75. The number of hydrogen-bond acceptors (Lipinski definition) is 7. The van der Waals surface area contributed by atoms with Crippen LogP contribution in [0.5, 0.6) is 0 Å². The Hall–Kier alpha value is -1.97. The highest BCUT2D eigenvalue weighted by atomic mass is 16.7. The third kappa shape index (κ3) is 4.38. The van der Waals surface area contributed by atoms with Crippen molar-refractivity contribution in [3.63, 3.8) is 0 Å². The van der Waals surface area contributed by atoms with Crippen LogP contribution in [0.3, 0.4) is 0 Å². The lowest BCUT2D eigenvalue weighted by Crippen LogP contribution is -2.65. The van der Waals surface area contributed by atoms with Crippen LogP contribution < -0.4 is 4.90 Å². The largest absolute Gasteiger partial charge is 0.443 e. The Balaban J connectivity index is 1.30. The van der Waals surface area contributed by atoms with Crippen molar-refractivity contribution in [2.75, 3.05) is 38.4 Å². The van der Waals surface area contributed by atoms with Gasteiger partial charge in [0.15, 0.2) is 11.6 Å². The molecule has 236 valence electrons. The molecule has 8 nitrogen and oxygen atoms in total. The lowest BCUT2D eigenvalue weighted by Gasteiger charge is -2.64. The van der Waals surface area contributed by atoms with Crippen LogP contribution in [0, 0.1) is 28.6 Å². The van der Waals surface area contributed by atoms with Gasteiger partial charge in [0.1, 0.15) is 5.60 Å². The molecule has 43 heavy (non-hydrogen) atoms. The minimum absolute atomic E-state index is 0.161. The first kappa shape index (κ1) is 29.7. The summed E-state index contributed by atoms with van der Waals surface area (Å²) >= 11 is 0. The molecule has 5 fully saturated rings. The number of amides is 1. The second kappa shape index (κ2) is 9.76. The van der Waals surface area contributed by atoms with Gasteiger partial charge in [-0.15, -0.1) is 0 Å². The van der Waals surface area contributed by atoms with Crippen molar-refractivity contribution in [1.29, 1.82) is 0 Å². The summed E-state index contributed by atoms with van der Waals surface area (Å²) in [5.41, 5.74) is 1.08. The Kier molecular flexibility index (Phi) is 6.75. The van der Waals surface area contributed by atoms with E-state index < -0.39 is 22.8 Å². The second-order valence-corrected chi connectivity index (χ2v) is 15.5. The molecule has 0 aromatic heterocycles. The van der Waals surface area contributed by atoms with Gasteiger partial charge in [0.25, 0.3) is 0 Å². The predicted molar refractivity (Wildman–Crippen MR) is 162 cm³/mol. The van der Waals surface area contributed by atoms with Gasteiger partial charge in [-0.1, -0.05) is 32.1 Å². The van der Waals surface area contributed by atoms with Crippen molar-refractivity contribution in [1.82, 2.24) is 0 Å². The standard InChI is InChI=1S/C35H49NO7/c1-30(2,3)43-29(37)36(6)24-9-7-23(8-10-24)26-21-32(5)27(12-14-35(32)41-19-20-42-35)25-11-13-33(38)22-34(39-17-18-40-34)16-15-31(33,4)28(25)26/h7-10,21,25,27-28,38H,11-20,22H2,1-6H3/t25-,27-,28+,31+,32-,33+/m0/s1. The molecule has 6 aliphatic rings. The topological polar surface area (TPSA) is 86.7 Å². The summed E-state index contributed by atoms with van der Waals surface area (Å²) in [6.45, 7) is 12.7. The normalized spacial score (nSPS) is 39.2. The third-order valence-corrected chi connectivity index (χ3v) is 12.2. The molecule has 2 heterocycles. The molecule has 2 aliphatic heterocycles. The van der Waals surface area contributed by atoms with Crippen molar-refractivity contribution >= 4 is 17.4 Å². The number of hydrogen-bond donors (Lipinski definition) is 1. The van der Waals surface area contributed by atoms with Gasteiger partial charge in [-0.05, 0) is 87.5 Å². The Morgan fingerprint density at radius 2 is 1.58 bits per heavy atom. The maximum Gasteiger partial charge on any atom is 0.414 e. The number of rotatable bonds is 2. The predicted octanol–water partition coefficient (Wildman–Crippen LogP) is 6.30. The molecule has 1 aromatic carbocycles. The van der Waals surface area contributed by atoms with Crippen LogP contribution in [0.4, 0.5) is 10.5 Å². The summed E-state index contributed by atoms with van der Waals surface area (Å²) in [5, 5.41) is 12.6. The fourth-order valence-electron chi connectivity index (χ4n) is 10.0. The molecule has 1 N–H and O–H groups in total. The summed E-state index contributed by atoms with van der Waals surface area (Å²) in [4.78, 5) is 14.4. The molecule has 6 atom stereocenters. The molecule has 0 unspecified atom stereocenters. The van der Waals surface area contributed by atoms with Gasteiger partial charge in [0, 0.05) is 42.8 Å². The highest BCUT2D eigenvalue weighted by Gasteiger charge is 2.70. The highest BCUT2D eigenvalue weighted by molar-refractivity contribution is 5.87. The van der Waals surface area contributed by atoms with Gasteiger partial charge < -0.3 is 28.8 Å². The average molecular weight is 596 g/mol. The van der Waals surface area contributed by atoms with Crippen LogP contribution in [0.2, 0.25) is 0 Å². The number of carbonyl (C=O) groups excluding carboxylic acids is 1. The first-order chi connectivity index (χ1) is 20.2. The van der Waals surface area contributed by atoms with Crippen molar-refractivity contribution in [3.05, 3.63) is 35.9 Å². The number of nitrogens with zero attached hydrogens (tertiary/aromatic N) is 1. The molecule has 0 bridgehead atoms. The molecular formula is C35H49NO7. The maximum absolute atomic E-state index is 12.8. The fourth-order valence-corrected chi connectivity index (χ4v) is 10.0. The van der Waals surface area contributed by atoms with Gasteiger partial charge in [-0.3, -0.25) is 4.90 Å². The number of anilines is 1. The number of benzene rings is 1. The quantitative estimate of drug-likeness (QED) is 0.429. The fraction of sp³-hybridized carbons (Fsp3) is 0.743. The van der Waals surface area contributed by atoms with Crippen LogP contribution in [-0.2, 0) is 23.7 Å². The first-order valence-electron chi connectivity index (χ1n) is 16.3. The summed E-state index contributed by atoms with van der Waals surface area (Å²) < 4.78 is 30.8. The molecule has 7 rings (SSSR count). The van der Waals surface area contributed by atoms with E-state index in [9.17, 15) is 9.90 Å². The monoisotopic (exact) mass is 595 g/mol. The lowest BCUT2D eigenvalue weighted by atomic mass is 9.43. The van der Waals surface area contributed by atoms with E-state index in [1.807, 2.05) is 32.9 Å². The molecule has 3 saturated carbocycles. The zero-order valence-corrected chi connectivity index (χ0v) is 26.7. The average Bonchev–Trinajstić information content (AvgIpc) is 3.69. The highest BCUT2D eigenvalue weighted by Crippen LogP contribution is 2.71. The molecule has 2 saturated heterocycles. The van der Waals surface area contributed by atoms with Crippen LogP contribution in [0.1, 0.15) is 85.1 Å². The van der Waals surface area contributed by atoms with Gasteiger partial charge in [-0.25, -0.2) is 4.79 Å². The Morgan fingerprint density at radius 3 is 2.23 bits per heavy atom. The molecule has 1 aromatic rings. The zero-order valence-electron chi connectivity index (χ0n) is 26.7. The first-order valence-corrected chi connectivity index (χ1v) is 16.3. The zero-order chi connectivity index (χ0) is 30.5. The van der Waals surface area contributed by atoms with E-state index in [-0.39, 0.29) is 22.8 Å². The Labute approximate surface area is 256 Å². The van der Waals surface area contributed by atoms with Crippen molar-refractivity contribution in [3.8, 4) is 0 Å². The lowest BCUT2D eigenvalue weighted by molar-refractivity contribution is -0.278. The Morgan fingerprint density at radius 1 is 0.930 bits per heavy atom. The minimum atomic E-state index is -0.892. The van der Waals surface area contributed by atoms with Gasteiger partial charge in [0.2, 0.25) is 0 Å². The van der Waals surface area contributed by atoms with Crippen molar-refractivity contribution in [2.24, 2.45) is 28.6 Å². The van der Waals surface area contributed by atoms with Crippen LogP contribution in [0.15, 0.2) is 30.3 Å². The number of fused-ring (bicyclic) bond motifs is 6. The van der Waals surface area contributed by atoms with E-state index in [0.29, 0.717) is 44.7 Å². The van der Waals surface area contributed by atoms with E-state index in [4.69, 9.17) is 23.7 Å². The molecular weight excluding hydrogens is 546 g/mol. The van der Waals surface area contributed by atoms with Gasteiger partial charge in [-0.2, -0.15) is 0 Å². The van der Waals surface area contributed by atoms with E-state index in [1.165, 1.54) is 5.57 Å². The van der Waals surface area contributed by atoms with Crippen LogP contribution in [-0.4, -0.2) is 67.5 Å². The van der Waals surface area contributed by atoms with E-state index >= 15 is 0 Å². The van der Waals surface area contributed by atoms with Crippen molar-refractivity contribution < 1.29 is 33.6 Å². The van der Waals surface area contributed by atoms with E-state index in [2.05, 4.69) is 32.1 Å². The Bertz CT molecular complexity index is 1290. The number of carbonyl (C=O) groups is 1. The van der Waals surface area contributed by atoms with Crippen LogP contribution in [0.25, 0.3) is 5.57 Å². The molecule has 8 heteroatoms. The smallest absolute Gasteiger partial charge is 0.414 e. The van der Waals surface area contributed by atoms with E-state index in [0.717, 1.165) is 49.8 Å². The molecule has 1 amide bonds. The summed E-state index contributed by atoms with van der Waals surface area (Å²) in [6, 6.07) is 8.27. The van der Waals surface area contributed by atoms with Gasteiger partial charge in [0.05, 0.1) is 32.0 Å². The third-order valence-electron chi connectivity index (χ3n) is 12.2. The molecule has 0 radical (unpaired) electrons. The number of allylic oxidation sites excluding steroid dienone is 1. The molecule has 2 spiro atoms. The minimum Gasteiger partial charge on any atom is -0.443 e. The molecule has 4 aliphatic carbocycles. The van der Waals surface area contributed by atoms with E-state index in [1.54, 1.807) is 11.9 Å². The number of ether oxygens (including phenoxy) is 5. The maximum atomic E-state index is 12.8. The number of aliphatic hydroxyl groups is 1. The second-order valence-electron chi connectivity index (χ2n) is 15.5. The summed E-state index contributed by atoms with van der Waals surface area (Å²) in [6.07, 6.45) is 7.88. The van der Waals surface area contributed by atoms with Crippen molar-refractivity contribution in [2.45, 2.75) is 102 Å². The van der Waals surface area contributed by atoms with Gasteiger partial charge >= 0.3 is 6.09 Å². The van der Waals surface area contributed by atoms with Crippen LogP contribution >= 0.6 is 0 Å². The summed E-state index contributed by atoms with van der Waals surface area (Å²) in [5.74, 6) is -0.291. The SMILES string of the molecule is CN(C(=O)OC(C)(C)C)c1ccc(C2=C[C@@]3(C)[C@@H](CCC34OCCO4)[C@@H]3CC[C@@]4(O)CC5(CC[C@]4(C)[C@@H]23)OCCO5)cc1.